The number of ether oxygens (including phenoxy) is 1. The molecule has 0 aliphatic carbocycles. The van der Waals surface area contributed by atoms with Crippen LogP contribution in [0, 0.1) is 19.8 Å². The summed E-state index contributed by atoms with van der Waals surface area (Å²) in [4.78, 5) is 27.3. The number of rotatable bonds is 7. The van der Waals surface area contributed by atoms with Gasteiger partial charge in [0.25, 0.3) is 5.91 Å². The van der Waals surface area contributed by atoms with E-state index in [1.807, 2.05) is 43.9 Å². The zero-order valence-corrected chi connectivity index (χ0v) is 18.4. The number of nitrogens with zero attached hydrogens (tertiary/aromatic N) is 2. The lowest BCUT2D eigenvalue weighted by Gasteiger charge is -2.32. The van der Waals surface area contributed by atoms with E-state index in [2.05, 4.69) is 15.5 Å². The largest absolute Gasteiger partial charge is 0.497 e. The average molecular weight is 413 g/mol. The highest BCUT2D eigenvalue weighted by atomic mass is 16.5. The van der Waals surface area contributed by atoms with E-state index >= 15 is 0 Å². The molecule has 2 heterocycles. The molecular weight excluding hydrogens is 380 g/mol. The van der Waals surface area contributed by atoms with Crippen LogP contribution in [0.5, 0.6) is 5.75 Å². The molecule has 1 atom stereocenters. The van der Waals surface area contributed by atoms with Crippen LogP contribution in [0.25, 0.3) is 0 Å². The Balaban J connectivity index is 1.53. The first-order valence-electron chi connectivity index (χ1n) is 10.7. The minimum absolute atomic E-state index is 0.00227. The number of likely N-dealkylation sites (tertiary alicyclic amines) is 1. The van der Waals surface area contributed by atoms with Gasteiger partial charge in [-0.2, -0.15) is 5.10 Å². The smallest absolute Gasteiger partial charge is 0.274 e. The number of nitrogens with one attached hydrogen (secondary N) is 2. The molecule has 2 aromatic rings. The van der Waals surface area contributed by atoms with Crippen molar-refractivity contribution in [1.29, 1.82) is 0 Å². The van der Waals surface area contributed by atoms with E-state index in [0.29, 0.717) is 24.6 Å². The normalized spacial score (nSPS) is 16.4. The topological polar surface area (TPSA) is 87.3 Å². The lowest BCUT2D eigenvalue weighted by atomic mass is 9.93. The fourth-order valence-corrected chi connectivity index (χ4v) is 4.07. The minimum atomic E-state index is -0.00791. The van der Waals surface area contributed by atoms with Gasteiger partial charge in [-0.05, 0) is 69.2 Å². The molecule has 3 rings (SSSR count). The van der Waals surface area contributed by atoms with E-state index in [4.69, 9.17) is 4.74 Å². The van der Waals surface area contributed by atoms with E-state index < -0.39 is 0 Å². The minimum Gasteiger partial charge on any atom is -0.497 e. The predicted octanol–water partition coefficient (Wildman–Crippen LogP) is 3.87. The molecular formula is C23H32N4O3. The van der Waals surface area contributed by atoms with Gasteiger partial charge in [0.1, 0.15) is 5.75 Å². The Kier molecular flexibility index (Phi) is 7.13. The van der Waals surface area contributed by atoms with Crippen molar-refractivity contribution in [2.75, 3.05) is 25.5 Å². The van der Waals surface area contributed by atoms with Gasteiger partial charge in [0.05, 0.1) is 7.11 Å². The van der Waals surface area contributed by atoms with Crippen molar-refractivity contribution in [3.8, 4) is 5.75 Å². The Hall–Kier alpha value is -2.83. The summed E-state index contributed by atoms with van der Waals surface area (Å²) in [5.74, 6) is 1.10. The third kappa shape index (κ3) is 5.01. The number of carbonyl (C=O) groups excluding carboxylic acids is 2. The van der Waals surface area contributed by atoms with Gasteiger partial charge in [-0.25, -0.2) is 0 Å². The number of hydrogen-bond donors (Lipinski definition) is 2. The summed E-state index contributed by atoms with van der Waals surface area (Å²) >= 11 is 0. The van der Waals surface area contributed by atoms with Crippen LogP contribution in [0.3, 0.4) is 0 Å². The van der Waals surface area contributed by atoms with E-state index in [-0.39, 0.29) is 11.8 Å². The number of H-pyrrole nitrogens is 1. The number of benzene rings is 1. The summed E-state index contributed by atoms with van der Waals surface area (Å²) in [6.45, 7) is 7.37. The maximum absolute atomic E-state index is 12.9. The molecule has 7 heteroatoms. The molecule has 0 saturated carbocycles. The lowest BCUT2D eigenvalue weighted by molar-refractivity contribution is -0.116. The van der Waals surface area contributed by atoms with E-state index in [1.54, 1.807) is 7.11 Å². The summed E-state index contributed by atoms with van der Waals surface area (Å²) < 4.78 is 5.21. The molecule has 1 saturated heterocycles. The van der Waals surface area contributed by atoms with Crippen LogP contribution >= 0.6 is 0 Å². The molecule has 2 amide bonds. The van der Waals surface area contributed by atoms with Gasteiger partial charge >= 0.3 is 0 Å². The molecule has 0 spiro atoms. The molecule has 0 bridgehead atoms. The highest BCUT2D eigenvalue weighted by Gasteiger charge is 2.27. The molecule has 1 aromatic heterocycles. The first-order valence-corrected chi connectivity index (χ1v) is 10.7. The number of carbonyl (C=O) groups is 2. The van der Waals surface area contributed by atoms with E-state index in [0.717, 1.165) is 60.5 Å². The van der Waals surface area contributed by atoms with Gasteiger partial charge < -0.3 is 15.0 Å². The van der Waals surface area contributed by atoms with Crippen LogP contribution in [0.1, 0.15) is 59.9 Å². The number of hydrogen-bond acceptors (Lipinski definition) is 4. The fraction of sp³-hybridized carbons (Fsp3) is 0.522. The van der Waals surface area contributed by atoms with Crippen molar-refractivity contribution in [1.82, 2.24) is 15.1 Å². The van der Waals surface area contributed by atoms with Gasteiger partial charge in [0, 0.05) is 36.5 Å². The summed E-state index contributed by atoms with van der Waals surface area (Å²) in [6.07, 6.45) is 4.04. The third-order valence-corrected chi connectivity index (χ3v) is 5.96. The molecule has 162 valence electrons. The standard InChI is InChI=1S/C23H32N4O3/c1-5-19-16(3)22(26-25-19)23(29)27-12-6-7-17(14-27)8-11-21(28)24-20-10-9-18(30-4)13-15(20)2/h9-10,13,17H,5-8,11-12,14H2,1-4H3,(H,24,28)(H,25,26). The number of aromatic nitrogens is 2. The second kappa shape index (κ2) is 9.78. The molecule has 7 nitrogen and oxygen atoms in total. The van der Waals surface area contributed by atoms with Gasteiger partial charge in [-0.1, -0.05) is 6.92 Å². The maximum atomic E-state index is 12.9. The van der Waals surface area contributed by atoms with Crippen molar-refractivity contribution < 1.29 is 14.3 Å². The number of amides is 2. The molecule has 1 aromatic carbocycles. The van der Waals surface area contributed by atoms with Crippen LogP contribution in [0.2, 0.25) is 0 Å². The summed E-state index contributed by atoms with van der Waals surface area (Å²) in [7, 11) is 1.63. The predicted molar refractivity (Wildman–Crippen MR) is 117 cm³/mol. The van der Waals surface area contributed by atoms with Crippen molar-refractivity contribution in [3.63, 3.8) is 0 Å². The number of methoxy groups -OCH3 is 1. The fourth-order valence-electron chi connectivity index (χ4n) is 4.07. The SMILES string of the molecule is CCc1[nH]nc(C(=O)N2CCCC(CCC(=O)Nc3ccc(OC)cc3C)C2)c1C. The first-order chi connectivity index (χ1) is 14.4. The molecule has 1 aliphatic rings. The molecule has 1 unspecified atom stereocenters. The summed E-state index contributed by atoms with van der Waals surface area (Å²) in [5.41, 5.74) is 4.26. The highest BCUT2D eigenvalue weighted by Crippen LogP contribution is 2.25. The Morgan fingerprint density at radius 2 is 2.13 bits per heavy atom. The maximum Gasteiger partial charge on any atom is 0.274 e. The van der Waals surface area contributed by atoms with Crippen LogP contribution in [0.4, 0.5) is 5.69 Å². The first kappa shape index (κ1) is 21.9. The summed E-state index contributed by atoms with van der Waals surface area (Å²) in [5, 5.41) is 10.2. The quantitative estimate of drug-likeness (QED) is 0.723. The zero-order chi connectivity index (χ0) is 21.7. The number of anilines is 1. The molecule has 1 aliphatic heterocycles. The van der Waals surface area contributed by atoms with E-state index in [1.165, 1.54) is 0 Å². The van der Waals surface area contributed by atoms with Crippen molar-refractivity contribution in [2.45, 2.75) is 52.9 Å². The van der Waals surface area contributed by atoms with Crippen molar-refractivity contribution in [2.24, 2.45) is 5.92 Å². The molecule has 0 radical (unpaired) electrons. The van der Waals surface area contributed by atoms with Gasteiger partial charge in [-0.15, -0.1) is 0 Å². The monoisotopic (exact) mass is 412 g/mol. The van der Waals surface area contributed by atoms with Crippen LogP contribution < -0.4 is 10.1 Å². The van der Waals surface area contributed by atoms with E-state index in [9.17, 15) is 9.59 Å². The Bertz CT molecular complexity index is 906. The van der Waals surface area contributed by atoms with Gasteiger partial charge in [0.2, 0.25) is 5.91 Å². The number of aryl methyl sites for hydroxylation is 2. The zero-order valence-electron chi connectivity index (χ0n) is 18.4. The van der Waals surface area contributed by atoms with Crippen LogP contribution in [-0.4, -0.2) is 47.1 Å². The Morgan fingerprint density at radius 1 is 1.33 bits per heavy atom. The van der Waals surface area contributed by atoms with Gasteiger partial charge in [0.15, 0.2) is 5.69 Å². The Morgan fingerprint density at radius 3 is 2.80 bits per heavy atom. The second-order valence-corrected chi connectivity index (χ2v) is 8.06. The molecule has 30 heavy (non-hydrogen) atoms. The molecule has 2 N–H and O–H groups in total. The average Bonchev–Trinajstić information content (AvgIpc) is 3.13. The van der Waals surface area contributed by atoms with Crippen LogP contribution in [-0.2, 0) is 11.2 Å². The van der Waals surface area contributed by atoms with Crippen LogP contribution in [0.15, 0.2) is 18.2 Å². The number of piperidine rings is 1. The third-order valence-electron chi connectivity index (χ3n) is 5.96. The summed E-state index contributed by atoms with van der Waals surface area (Å²) in [6, 6.07) is 5.61. The Labute approximate surface area is 178 Å². The number of aromatic amines is 1. The van der Waals surface area contributed by atoms with Crippen molar-refractivity contribution >= 4 is 17.5 Å². The lowest BCUT2D eigenvalue weighted by Crippen LogP contribution is -2.40. The molecule has 1 fully saturated rings. The second-order valence-electron chi connectivity index (χ2n) is 8.06. The van der Waals surface area contributed by atoms with Gasteiger partial charge in [-0.3, -0.25) is 14.7 Å². The van der Waals surface area contributed by atoms with Crippen molar-refractivity contribution in [3.05, 3.63) is 40.7 Å². The highest BCUT2D eigenvalue weighted by molar-refractivity contribution is 5.94.